The average Bonchev–Trinajstić information content (AvgIpc) is 3.65. The first-order valence-electron chi connectivity index (χ1n) is 11.0. The molecule has 2 aromatic rings. The molecule has 1 heterocycles. The van der Waals surface area contributed by atoms with Crippen LogP contribution in [0.4, 0.5) is 0 Å². The van der Waals surface area contributed by atoms with Gasteiger partial charge in [-0.25, -0.2) is 0 Å². The highest BCUT2D eigenvalue weighted by Crippen LogP contribution is 2.41. The number of amides is 2. The third kappa shape index (κ3) is 4.07. The van der Waals surface area contributed by atoms with Crippen molar-refractivity contribution < 1.29 is 14.3 Å². The molecular formula is C25H28N2O3. The van der Waals surface area contributed by atoms with Gasteiger partial charge in [0.1, 0.15) is 5.75 Å². The molecule has 5 heteroatoms. The Labute approximate surface area is 177 Å². The van der Waals surface area contributed by atoms with Crippen LogP contribution < -0.4 is 10.1 Å². The number of nitrogens with zero attached hydrogens (tertiary/aromatic N) is 1. The fourth-order valence-corrected chi connectivity index (χ4v) is 4.33. The first kappa shape index (κ1) is 19.2. The van der Waals surface area contributed by atoms with E-state index < -0.39 is 0 Å². The van der Waals surface area contributed by atoms with Crippen molar-refractivity contribution in [1.82, 2.24) is 10.2 Å². The van der Waals surface area contributed by atoms with Gasteiger partial charge in [-0.3, -0.25) is 9.59 Å². The van der Waals surface area contributed by atoms with Gasteiger partial charge in [-0.15, -0.1) is 0 Å². The van der Waals surface area contributed by atoms with Crippen LogP contribution in [0.3, 0.4) is 0 Å². The summed E-state index contributed by atoms with van der Waals surface area (Å²) in [6.45, 7) is 2.85. The minimum atomic E-state index is -0.106. The Hall–Kier alpha value is -2.82. The van der Waals surface area contributed by atoms with E-state index in [9.17, 15) is 9.59 Å². The molecule has 5 nitrogen and oxygen atoms in total. The number of rotatable bonds is 6. The van der Waals surface area contributed by atoms with Crippen LogP contribution in [-0.4, -0.2) is 35.9 Å². The van der Waals surface area contributed by atoms with Crippen LogP contribution in [0, 0.1) is 12.8 Å². The number of nitrogens with one attached hydrogen (secondary N) is 1. The van der Waals surface area contributed by atoms with Crippen molar-refractivity contribution >= 4 is 11.8 Å². The van der Waals surface area contributed by atoms with Crippen LogP contribution in [-0.2, 0) is 16.0 Å². The molecule has 0 bridgehead atoms. The van der Waals surface area contributed by atoms with Crippen LogP contribution >= 0.6 is 0 Å². The highest BCUT2D eigenvalue weighted by Gasteiger charge is 2.39. The van der Waals surface area contributed by atoms with Crippen molar-refractivity contribution in [2.24, 2.45) is 5.92 Å². The predicted molar refractivity (Wildman–Crippen MR) is 114 cm³/mol. The van der Waals surface area contributed by atoms with Crippen LogP contribution in [0.1, 0.15) is 54.0 Å². The minimum absolute atomic E-state index is 0.0229. The molecule has 1 aliphatic heterocycles. The molecule has 2 fully saturated rings. The zero-order valence-corrected chi connectivity index (χ0v) is 17.4. The molecule has 0 radical (unpaired) electrons. The maximum absolute atomic E-state index is 13.1. The summed E-state index contributed by atoms with van der Waals surface area (Å²) in [6.07, 6.45) is 4.98. The summed E-state index contributed by atoms with van der Waals surface area (Å²) in [6, 6.07) is 14.7. The molecule has 156 valence electrons. The Morgan fingerprint density at radius 1 is 1.10 bits per heavy atom. The highest BCUT2D eigenvalue weighted by molar-refractivity contribution is 5.82. The van der Waals surface area contributed by atoms with E-state index in [1.54, 1.807) is 0 Å². The molecule has 0 saturated heterocycles. The van der Waals surface area contributed by atoms with Crippen LogP contribution in [0.15, 0.2) is 42.5 Å². The predicted octanol–water partition coefficient (Wildman–Crippen LogP) is 3.54. The molecule has 3 aliphatic rings. The van der Waals surface area contributed by atoms with Gasteiger partial charge in [-0.2, -0.15) is 0 Å². The normalized spacial score (nSPS) is 20.4. The number of benzene rings is 2. The minimum Gasteiger partial charge on any atom is -0.484 e. The summed E-state index contributed by atoms with van der Waals surface area (Å²) in [5, 5.41) is 2.95. The number of fused-ring (bicyclic) bond motifs is 1. The Bertz CT molecular complexity index is 978. The van der Waals surface area contributed by atoms with Gasteiger partial charge in [0.15, 0.2) is 6.61 Å². The molecule has 2 aromatic carbocycles. The summed E-state index contributed by atoms with van der Waals surface area (Å²) in [7, 11) is 0. The van der Waals surface area contributed by atoms with Gasteiger partial charge >= 0.3 is 0 Å². The Kier molecular flexibility index (Phi) is 4.97. The lowest BCUT2D eigenvalue weighted by atomic mass is 9.87. The lowest BCUT2D eigenvalue weighted by Gasteiger charge is -2.38. The standard InChI is InChI=1S/C25H28N2O3/c1-16-3-2-4-19(13-16)24-22-14-21(30-15-23(28)26-20-8-9-20)10-7-17(22)11-12-27(24)25(29)18-5-6-18/h2-4,7,10,13-14,18,20,24H,5-6,8-9,11-12,15H2,1H3,(H,26,28)/t24-/m0/s1. The van der Waals surface area contributed by atoms with Crippen molar-refractivity contribution in [3.8, 4) is 5.75 Å². The molecular weight excluding hydrogens is 376 g/mol. The number of hydrogen-bond acceptors (Lipinski definition) is 3. The average molecular weight is 405 g/mol. The fraction of sp³-hybridized carbons (Fsp3) is 0.440. The maximum atomic E-state index is 13.1. The largest absolute Gasteiger partial charge is 0.484 e. The third-order valence-corrected chi connectivity index (χ3v) is 6.23. The van der Waals surface area contributed by atoms with Crippen molar-refractivity contribution in [2.75, 3.05) is 13.2 Å². The van der Waals surface area contributed by atoms with Gasteiger partial charge in [0, 0.05) is 18.5 Å². The van der Waals surface area contributed by atoms with E-state index in [1.807, 2.05) is 12.1 Å². The maximum Gasteiger partial charge on any atom is 0.258 e. The zero-order chi connectivity index (χ0) is 20.7. The highest BCUT2D eigenvalue weighted by atomic mass is 16.5. The number of hydrogen-bond donors (Lipinski definition) is 1. The molecule has 0 aromatic heterocycles. The fourth-order valence-electron chi connectivity index (χ4n) is 4.33. The molecule has 2 amide bonds. The van der Waals surface area contributed by atoms with Gasteiger partial charge in [0.05, 0.1) is 6.04 Å². The second-order valence-electron chi connectivity index (χ2n) is 8.86. The zero-order valence-electron chi connectivity index (χ0n) is 17.4. The van der Waals surface area contributed by atoms with E-state index in [1.165, 1.54) is 11.1 Å². The number of carbonyl (C=O) groups is 2. The van der Waals surface area contributed by atoms with E-state index in [0.29, 0.717) is 11.8 Å². The monoisotopic (exact) mass is 404 g/mol. The molecule has 30 heavy (non-hydrogen) atoms. The van der Waals surface area contributed by atoms with Crippen molar-refractivity contribution in [2.45, 2.75) is 51.1 Å². The second kappa shape index (κ2) is 7.78. The first-order chi connectivity index (χ1) is 14.6. The quantitative estimate of drug-likeness (QED) is 0.801. The third-order valence-electron chi connectivity index (χ3n) is 6.23. The number of aryl methyl sites for hydroxylation is 1. The smallest absolute Gasteiger partial charge is 0.258 e. The summed E-state index contributed by atoms with van der Waals surface area (Å²) in [4.78, 5) is 27.2. The Morgan fingerprint density at radius 2 is 1.93 bits per heavy atom. The lowest BCUT2D eigenvalue weighted by Crippen LogP contribution is -2.41. The Morgan fingerprint density at radius 3 is 2.67 bits per heavy atom. The van der Waals surface area contributed by atoms with Crippen LogP contribution in [0.5, 0.6) is 5.75 Å². The van der Waals surface area contributed by atoms with E-state index in [4.69, 9.17) is 4.74 Å². The molecule has 0 spiro atoms. The molecule has 0 unspecified atom stereocenters. The topological polar surface area (TPSA) is 58.6 Å². The van der Waals surface area contributed by atoms with Gasteiger partial charge in [0.2, 0.25) is 5.91 Å². The first-order valence-corrected chi connectivity index (χ1v) is 11.0. The second-order valence-corrected chi connectivity index (χ2v) is 8.86. The summed E-state index contributed by atoms with van der Waals surface area (Å²) < 4.78 is 5.81. The van der Waals surface area contributed by atoms with Crippen molar-refractivity contribution in [3.63, 3.8) is 0 Å². The van der Waals surface area contributed by atoms with E-state index in [0.717, 1.165) is 49.8 Å². The molecule has 1 N–H and O–H groups in total. The van der Waals surface area contributed by atoms with Crippen LogP contribution in [0.25, 0.3) is 0 Å². The molecule has 2 aliphatic carbocycles. The van der Waals surface area contributed by atoms with Crippen molar-refractivity contribution in [3.05, 3.63) is 64.7 Å². The number of ether oxygens (including phenoxy) is 1. The van der Waals surface area contributed by atoms with E-state index >= 15 is 0 Å². The summed E-state index contributed by atoms with van der Waals surface area (Å²) in [5.41, 5.74) is 4.67. The SMILES string of the molecule is Cc1cccc([C@H]2c3cc(OCC(=O)NC4CC4)ccc3CCN2C(=O)C2CC2)c1. The van der Waals surface area contributed by atoms with E-state index in [-0.39, 0.29) is 30.4 Å². The molecule has 1 atom stereocenters. The van der Waals surface area contributed by atoms with Gasteiger partial charge in [-0.05, 0) is 67.9 Å². The summed E-state index contributed by atoms with van der Waals surface area (Å²) in [5.74, 6) is 1.06. The van der Waals surface area contributed by atoms with E-state index in [2.05, 4.69) is 47.5 Å². The van der Waals surface area contributed by atoms with Gasteiger partial charge in [0.25, 0.3) is 5.91 Å². The van der Waals surface area contributed by atoms with Crippen molar-refractivity contribution in [1.29, 1.82) is 0 Å². The molecule has 5 rings (SSSR count). The molecule has 2 saturated carbocycles. The summed E-state index contributed by atoms with van der Waals surface area (Å²) >= 11 is 0. The lowest BCUT2D eigenvalue weighted by molar-refractivity contribution is -0.134. The number of carbonyl (C=O) groups excluding carboxylic acids is 2. The van der Waals surface area contributed by atoms with Crippen LogP contribution in [0.2, 0.25) is 0 Å². The van der Waals surface area contributed by atoms with Gasteiger partial charge < -0.3 is 15.0 Å². The Balaban J connectivity index is 1.44. The van der Waals surface area contributed by atoms with Gasteiger partial charge in [-0.1, -0.05) is 35.9 Å².